The van der Waals surface area contributed by atoms with Crippen molar-refractivity contribution in [3.8, 4) is 5.75 Å². The first-order chi connectivity index (χ1) is 15.5. The average molecular weight is 450 g/mol. The van der Waals surface area contributed by atoms with E-state index in [1.54, 1.807) is 42.3 Å². The van der Waals surface area contributed by atoms with Gasteiger partial charge in [0.2, 0.25) is 0 Å². The lowest BCUT2D eigenvalue weighted by molar-refractivity contribution is 0.102. The summed E-state index contributed by atoms with van der Waals surface area (Å²) in [5, 5.41) is 3.26. The number of nitrogens with one attached hydrogen (secondary N) is 1. The van der Waals surface area contributed by atoms with Gasteiger partial charge < -0.3 is 15.0 Å². The predicted molar refractivity (Wildman–Crippen MR) is 127 cm³/mol. The number of carbonyl (C=O) groups excluding carboxylic acids is 2. The van der Waals surface area contributed by atoms with Crippen molar-refractivity contribution < 1.29 is 14.3 Å². The highest BCUT2D eigenvalue weighted by Crippen LogP contribution is 2.25. The summed E-state index contributed by atoms with van der Waals surface area (Å²) in [6, 6.07) is 21.9. The average Bonchev–Trinajstić information content (AvgIpc) is 2.81. The molecule has 1 aliphatic heterocycles. The van der Waals surface area contributed by atoms with E-state index in [1.165, 1.54) is 0 Å². The van der Waals surface area contributed by atoms with Gasteiger partial charge in [-0.2, -0.15) is 0 Å². The van der Waals surface area contributed by atoms with E-state index in [2.05, 4.69) is 5.32 Å². The summed E-state index contributed by atoms with van der Waals surface area (Å²) in [7, 11) is 1.63. The molecular weight excluding hydrogens is 426 g/mol. The van der Waals surface area contributed by atoms with Crippen LogP contribution in [0.4, 0.5) is 16.2 Å². The van der Waals surface area contributed by atoms with E-state index < -0.39 is 0 Å². The largest absolute Gasteiger partial charge is 0.497 e. The maximum atomic E-state index is 13.2. The zero-order valence-corrected chi connectivity index (χ0v) is 18.5. The Labute approximate surface area is 192 Å². The lowest BCUT2D eigenvalue weighted by Crippen LogP contribution is -2.49. The van der Waals surface area contributed by atoms with Crippen LogP contribution >= 0.6 is 11.6 Å². The lowest BCUT2D eigenvalue weighted by Gasteiger charge is -2.36. The lowest BCUT2D eigenvalue weighted by atomic mass is 10.1. The maximum absolute atomic E-state index is 13.2. The molecule has 3 aromatic carbocycles. The summed E-state index contributed by atoms with van der Waals surface area (Å²) in [5.74, 6) is 0.495. The molecule has 1 fully saturated rings. The standard InChI is InChI=1S/C25H24ClN3O3/c1-32-21-12-10-18(11-13-21)17-28-14-5-15-29(25(28)31)20-7-4-6-19(16-20)27-24(30)22-8-2-3-9-23(22)26/h2-4,6-13,16H,5,14-15,17H2,1H3,(H,27,30). The predicted octanol–water partition coefficient (Wildman–Crippen LogP) is 5.43. The van der Waals surface area contributed by atoms with E-state index in [0.29, 0.717) is 35.9 Å². The summed E-state index contributed by atoms with van der Waals surface area (Å²) >= 11 is 6.13. The van der Waals surface area contributed by atoms with Crippen LogP contribution in [0.1, 0.15) is 22.3 Å². The van der Waals surface area contributed by atoms with E-state index in [1.807, 2.05) is 47.4 Å². The highest BCUT2D eigenvalue weighted by Gasteiger charge is 2.27. The summed E-state index contributed by atoms with van der Waals surface area (Å²) in [6.45, 7) is 1.85. The zero-order chi connectivity index (χ0) is 22.5. The smallest absolute Gasteiger partial charge is 0.324 e. The quantitative estimate of drug-likeness (QED) is 0.545. The van der Waals surface area contributed by atoms with Crippen LogP contribution in [-0.2, 0) is 6.54 Å². The van der Waals surface area contributed by atoms with E-state index in [0.717, 1.165) is 23.4 Å². The Kier molecular flexibility index (Phi) is 6.61. The monoisotopic (exact) mass is 449 g/mol. The van der Waals surface area contributed by atoms with Gasteiger partial charge in [0.15, 0.2) is 0 Å². The molecule has 0 aliphatic carbocycles. The molecule has 0 bridgehead atoms. The van der Waals surface area contributed by atoms with Crippen molar-refractivity contribution in [2.75, 3.05) is 30.4 Å². The Morgan fingerprint density at radius 2 is 1.81 bits per heavy atom. The van der Waals surface area contributed by atoms with Gasteiger partial charge in [-0.05, 0) is 54.4 Å². The van der Waals surface area contributed by atoms with Crippen LogP contribution in [-0.4, -0.2) is 37.0 Å². The fraction of sp³-hybridized carbons (Fsp3) is 0.200. The Balaban J connectivity index is 1.47. The van der Waals surface area contributed by atoms with Crippen molar-refractivity contribution in [1.29, 1.82) is 0 Å². The third-order valence-electron chi connectivity index (χ3n) is 5.38. The molecule has 1 aliphatic rings. The van der Waals surface area contributed by atoms with Crippen LogP contribution in [0.2, 0.25) is 5.02 Å². The number of ether oxygens (including phenoxy) is 1. The number of nitrogens with zero attached hydrogens (tertiary/aromatic N) is 2. The van der Waals surface area contributed by atoms with Crippen LogP contribution in [0.3, 0.4) is 0 Å². The highest BCUT2D eigenvalue weighted by molar-refractivity contribution is 6.34. The van der Waals surface area contributed by atoms with Crippen molar-refractivity contribution in [3.05, 3.63) is 88.9 Å². The van der Waals surface area contributed by atoms with Crippen molar-refractivity contribution in [2.24, 2.45) is 0 Å². The zero-order valence-electron chi connectivity index (χ0n) is 17.8. The Hall–Kier alpha value is -3.51. The number of rotatable bonds is 6. The molecule has 0 radical (unpaired) electrons. The molecule has 3 amide bonds. The fourth-order valence-corrected chi connectivity index (χ4v) is 3.94. The van der Waals surface area contributed by atoms with E-state index in [9.17, 15) is 9.59 Å². The number of urea groups is 1. The first-order valence-electron chi connectivity index (χ1n) is 10.4. The van der Waals surface area contributed by atoms with Gasteiger partial charge in [0.05, 0.1) is 17.7 Å². The fourth-order valence-electron chi connectivity index (χ4n) is 3.71. The van der Waals surface area contributed by atoms with Crippen LogP contribution in [0.5, 0.6) is 5.75 Å². The number of halogens is 1. The Bertz CT molecular complexity index is 1120. The van der Waals surface area contributed by atoms with Gasteiger partial charge >= 0.3 is 6.03 Å². The molecule has 0 spiro atoms. The molecule has 6 nitrogen and oxygen atoms in total. The molecule has 7 heteroatoms. The summed E-state index contributed by atoms with van der Waals surface area (Å²) in [6.07, 6.45) is 0.859. The summed E-state index contributed by atoms with van der Waals surface area (Å²) in [4.78, 5) is 29.4. The number of amides is 3. The summed E-state index contributed by atoms with van der Waals surface area (Å²) in [5.41, 5.74) is 2.79. The van der Waals surface area contributed by atoms with Gasteiger partial charge in [-0.15, -0.1) is 0 Å². The molecule has 0 saturated carbocycles. The van der Waals surface area contributed by atoms with Gasteiger partial charge in [-0.1, -0.05) is 41.9 Å². The minimum absolute atomic E-state index is 0.0540. The number of anilines is 2. The number of benzene rings is 3. The topological polar surface area (TPSA) is 61.9 Å². The van der Waals surface area contributed by atoms with E-state index >= 15 is 0 Å². The number of hydrogen-bond acceptors (Lipinski definition) is 3. The third kappa shape index (κ3) is 4.86. The van der Waals surface area contributed by atoms with Crippen LogP contribution in [0, 0.1) is 0 Å². The SMILES string of the molecule is COc1ccc(CN2CCCN(c3cccc(NC(=O)c4ccccc4Cl)c3)C2=O)cc1. The molecule has 0 aromatic heterocycles. The van der Waals surface area contributed by atoms with Crippen molar-refractivity contribution in [3.63, 3.8) is 0 Å². The first-order valence-corrected chi connectivity index (χ1v) is 10.8. The maximum Gasteiger partial charge on any atom is 0.324 e. The molecular formula is C25H24ClN3O3. The highest BCUT2D eigenvalue weighted by atomic mass is 35.5. The molecule has 3 aromatic rings. The van der Waals surface area contributed by atoms with Gasteiger partial charge in [0, 0.05) is 31.0 Å². The minimum atomic E-state index is -0.293. The second kappa shape index (κ2) is 9.75. The second-order valence-corrected chi connectivity index (χ2v) is 7.95. The van der Waals surface area contributed by atoms with Gasteiger partial charge in [-0.25, -0.2) is 4.79 Å². The molecule has 164 valence electrons. The first kappa shape index (κ1) is 21.7. The van der Waals surface area contributed by atoms with Crippen LogP contribution < -0.4 is 15.0 Å². The van der Waals surface area contributed by atoms with Gasteiger partial charge in [-0.3, -0.25) is 9.69 Å². The Morgan fingerprint density at radius 1 is 1.03 bits per heavy atom. The molecule has 1 heterocycles. The summed E-state index contributed by atoms with van der Waals surface area (Å²) < 4.78 is 5.20. The van der Waals surface area contributed by atoms with Gasteiger partial charge in [0.25, 0.3) is 5.91 Å². The number of methoxy groups -OCH3 is 1. The third-order valence-corrected chi connectivity index (χ3v) is 5.71. The molecule has 32 heavy (non-hydrogen) atoms. The molecule has 0 atom stereocenters. The van der Waals surface area contributed by atoms with Crippen LogP contribution in [0.15, 0.2) is 72.8 Å². The normalized spacial score (nSPS) is 13.8. The van der Waals surface area contributed by atoms with E-state index in [-0.39, 0.29) is 11.9 Å². The van der Waals surface area contributed by atoms with Crippen molar-refractivity contribution in [2.45, 2.75) is 13.0 Å². The van der Waals surface area contributed by atoms with Crippen molar-refractivity contribution in [1.82, 2.24) is 4.90 Å². The number of hydrogen-bond donors (Lipinski definition) is 1. The van der Waals surface area contributed by atoms with Crippen LogP contribution in [0.25, 0.3) is 0 Å². The molecule has 4 rings (SSSR count). The molecule has 0 unspecified atom stereocenters. The molecule has 1 N–H and O–H groups in total. The number of carbonyl (C=O) groups is 2. The Morgan fingerprint density at radius 3 is 2.56 bits per heavy atom. The second-order valence-electron chi connectivity index (χ2n) is 7.54. The molecule has 1 saturated heterocycles. The van der Waals surface area contributed by atoms with Crippen molar-refractivity contribution >= 4 is 34.9 Å². The van der Waals surface area contributed by atoms with E-state index in [4.69, 9.17) is 16.3 Å². The minimum Gasteiger partial charge on any atom is -0.497 e. The van der Waals surface area contributed by atoms with Gasteiger partial charge in [0.1, 0.15) is 5.75 Å².